The van der Waals surface area contributed by atoms with Gasteiger partial charge in [0.25, 0.3) is 5.91 Å². The molecule has 1 aromatic carbocycles. The fourth-order valence-electron chi connectivity index (χ4n) is 1.84. The highest BCUT2D eigenvalue weighted by molar-refractivity contribution is 5.94. The van der Waals surface area contributed by atoms with E-state index in [1.54, 1.807) is 0 Å². The molecule has 2 N–H and O–H groups in total. The number of amides is 1. The monoisotopic (exact) mass is 276 g/mol. The number of hydrogen-bond donors (Lipinski definition) is 2. The van der Waals surface area contributed by atoms with Crippen molar-refractivity contribution < 1.29 is 4.79 Å². The Bertz CT molecular complexity index is 404. The molecule has 3 nitrogen and oxygen atoms in total. The predicted octanol–water partition coefficient (Wildman–Crippen LogP) is 3.35. The van der Waals surface area contributed by atoms with Crippen LogP contribution in [0.25, 0.3) is 0 Å². The van der Waals surface area contributed by atoms with E-state index < -0.39 is 0 Å². The predicted molar refractivity (Wildman–Crippen MR) is 84.8 cm³/mol. The second kappa shape index (κ2) is 8.05. The van der Waals surface area contributed by atoms with Crippen LogP contribution in [0.3, 0.4) is 0 Å². The molecule has 1 amide bonds. The molecule has 112 valence electrons. The number of nitrogens with one attached hydrogen (secondary N) is 2. The van der Waals surface area contributed by atoms with E-state index in [1.165, 1.54) is 5.56 Å². The molecule has 0 fully saturated rings. The van der Waals surface area contributed by atoms with Gasteiger partial charge in [-0.15, -0.1) is 0 Å². The molecule has 0 atom stereocenters. The quantitative estimate of drug-likeness (QED) is 0.750. The third-order valence-corrected chi connectivity index (χ3v) is 3.02. The van der Waals surface area contributed by atoms with Crippen molar-refractivity contribution in [2.24, 2.45) is 5.41 Å². The average molecular weight is 276 g/mol. The molecule has 3 heteroatoms. The SMILES string of the molecule is CCCCNC(=O)c1ccc(CNCC(C)(C)C)cc1. The van der Waals surface area contributed by atoms with Crippen molar-refractivity contribution in [3.8, 4) is 0 Å². The van der Waals surface area contributed by atoms with E-state index in [9.17, 15) is 4.79 Å². The minimum absolute atomic E-state index is 0.0210. The second-order valence-electron chi connectivity index (χ2n) is 6.47. The third-order valence-electron chi connectivity index (χ3n) is 3.02. The Morgan fingerprint density at radius 3 is 2.35 bits per heavy atom. The summed E-state index contributed by atoms with van der Waals surface area (Å²) >= 11 is 0. The molecule has 0 bridgehead atoms. The van der Waals surface area contributed by atoms with E-state index in [2.05, 4.69) is 38.3 Å². The molecule has 0 aliphatic heterocycles. The van der Waals surface area contributed by atoms with Gasteiger partial charge >= 0.3 is 0 Å². The summed E-state index contributed by atoms with van der Waals surface area (Å²) in [4.78, 5) is 11.8. The summed E-state index contributed by atoms with van der Waals surface area (Å²) in [6.45, 7) is 11.3. The first-order valence-electron chi connectivity index (χ1n) is 7.50. The van der Waals surface area contributed by atoms with Gasteiger partial charge in [-0.2, -0.15) is 0 Å². The number of carbonyl (C=O) groups excluding carboxylic acids is 1. The van der Waals surface area contributed by atoms with Gasteiger partial charge in [0.15, 0.2) is 0 Å². The lowest BCUT2D eigenvalue weighted by Crippen LogP contribution is -2.26. The lowest BCUT2D eigenvalue weighted by Gasteiger charge is -2.18. The van der Waals surface area contributed by atoms with Crippen molar-refractivity contribution in [2.75, 3.05) is 13.1 Å². The second-order valence-corrected chi connectivity index (χ2v) is 6.47. The molecular weight excluding hydrogens is 248 g/mol. The third kappa shape index (κ3) is 6.71. The molecule has 0 aromatic heterocycles. The van der Waals surface area contributed by atoms with Crippen molar-refractivity contribution in [2.45, 2.75) is 47.1 Å². The fraction of sp³-hybridized carbons (Fsp3) is 0.588. The standard InChI is InChI=1S/C17H28N2O/c1-5-6-11-19-16(20)15-9-7-14(8-10-15)12-18-13-17(2,3)4/h7-10,18H,5-6,11-13H2,1-4H3,(H,19,20). The fourth-order valence-corrected chi connectivity index (χ4v) is 1.84. The van der Waals surface area contributed by atoms with E-state index in [0.29, 0.717) is 5.41 Å². The molecule has 0 aliphatic carbocycles. The molecule has 20 heavy (non-hydrogen) atoms. The number of rotatable bonds is 7. The highest BCUT2D eigenvalue weighted by Gasteiger charge is 2.09. The Hall–Kier alpha value is -1.35. The van der Waals surface area contributed by atoms with Crippen molar-refractivity contribution in [1.29, 1.82) is 0 Å². The van der Waals surface area contributed by atoms with Gasteiger partial charge in [0.1, 0.15) is 0 Å². The van der Waals surface area contributed by atoms with E-state index in [4.69, 9.17) is 0 Å². The average Bonchev–Trinajstić information content (AvgIpc) is 2.38. The highest BCUT2D eigenvalue weighted by Crippen LogP contribution is 2.11. The molecular formula is C17H28N2O. The number of benzene rings is 1. The van der Waals surface area contributed by atoms with Crippen LogP contribution >= 0.6 is 0 Å². The van der Waals surface area contributed by atoms with Crippen molar-refractivity contribution in [1.82, 2.24) is 10.6 Å². The maximum Gasteiger partial charge on any atom is 0.251 e. The van der Waals surface area contributed by atoms with E-state index in [1.807, 2.05) is 24.3 Å². The summed E-state index contributed by atoms with van der Waals surface area (Å²) in [5.41, 5.74) is 2.24. The van der Waals surface area contributed by atoms with Gasteiger partial charge in [-0.25, -0.2) is 0 Å². The van der Waals surface area contributed by atoms with E-state index >= 15 is 0 Å². The van der Waals surface area contributed by atoms with Crippen LogP contribution in [0.1, 0.15) is 56.5 Å². The Balaban J connectivity index is 2.41. The number of unbranched alkanes of at least 4 members (excludes halogenated alkanes) is 1. The van der Waals surface area contributed by atoms with Crippen LogP contribution in [0.15, 0.2) is 24.3 Å². The summed E-state index contributed by atoms with van der Waals surface area (Å²) < 4.78 is 0. The first-order valence-corrected chi connectivity index (χ1v) is 7.50. The van der Waals surface area contributed by atoms with Crippen molar-refractivity contribution >= 4 is 5.91 Å². The van der Waals surface area contributed by atoms with Crippen LogP contribution in [0.2, 0.25) is 0 Å². The summed E-state index contributed by atoms with van der Waals surface area (Å²) in [7, 11) is 0. The Morgan fingerprint density at radius 1 is 1.15 bits per heavy atom. The van der Waals surface area contributed by atoms with Crippen LogP contribution in [-0.2, 0) is 6.54 Å². The zero-order chi connectivity index (χ0) is 15.0. The Kier molecular flexibility index (Phi) is 6.73. The van der Waals surface area contributed by atoms with Crippen molar-refractivity contribution in [3.05, 3.63) is 35.4 Å². The van der Waals surface area contributed by atoms with E-state index in [-0.39, 0.29) is 5.91 Å². The molecule has 0 aliphatic rings. The smallest absolute Gasteiger partial charge is 0.251 e. The van der Waals surface area contributed by atoms with Gasteiger partial charge in [0.05, 0.1) is 0 Å². The maximum absolute atomic E-state index is 11.8. The molecule has 0 unspecified atom stereocenters. The first kappa shape index (κ1) is 16.7. The Labute approximate surface area is 123 Å². The molecule has 0 heterocycles. The minimum Gasteiger partial charge on any atom is -0.352 e. The molecule has 1 aromatic rings. The number of carbonyl (C=O) groups is 1. The van der Waals surface area contributed by atoms with Crippen LogP contribution in [0.5, 0.6) is 0 Å². The van der Waals surface area contributed by atoms with E-state index in [0.717, 1.165) is 38.0 Å². The van der Waals surface area contributed by atoms with Gasteiger partial charge in [0.2, 0.25) is 0 Å². The Morgan fingerprint density at radius 2 is 1.80 bits per heavy atom. The first-order chi connectivity index (χ1) is 9.42. The molecule has 0 spiro atoms. The topological polar surface area (TPSA) is 41.1 Å². The van der Waals surface area contributed by atoms with Crippen LogP contribution < -0.4 is 10.6 Å². The summed E-state index contributed by atoms with van der Waals surface area (Å²) in [5, 5.41) is 6.36. The lowest BCUT2D eigenvalue weighted by molar-refractivity contribution is 0.0953. The molecule has 0 saturated carbocycles. The van der Waals surface area contributed by atoms with Gasteiger partial charge in [-0.1, -0.05) is 46.2 Å². The largest absolute Gasteiger partial charge is 0.352 e. The van der Waals surface area contributed by atoms with Gasteiger partial charge in [-0.05, 0) is 29.5 Å². The van der Waals surface area contributed by atoms with Gasteiger partial charge in [0, 0.05) is 25.2 Å². The molecule has 1 rings (SSSR count). The summed E-state index contributed by atoms with van der Waals surface area (Å²) in [6.07, 6.45) is 2.12. The summed E-state index contributed by atoms with van der Waals surface area (Å²) in [6, 6.07) is 7.83. The zero-order valence-corrected chi connectivity index (χ0v) is 13.3. The van der Waals surface area contributed by atoms with Crippen LogP contribution in [0, 0.1) is 5.41 Å². The van der Waals surface area contributed by atoms with Crippen LogP contribution in [-0.4, -0.2) is 19.0 Å². The normalized spacial score (nSPS) is 11.4. The van der Waals surface area contributed by atoms with Gasteiger partial charge < -0.3 is 10.6 Å². The lowest BCUT2D eigenvalue weighted by atomic mass is 9.97. The maximum atomic E-state index is 11.8. The zero-order valence-electron chi connectivity index (χ0n) is 13.3. The molecule has 0 radical (unpaired) electrons. The highest BCUT2D eigenvalue weighted by atomic mass is 16.1. The van der Waals surface area contributed by atoms with Crippen molar-refractivity contribution in [3.63, 3.8) is 0 Å². The number of hydrogen-bond acceptors (Lipinski definition) is 2. The minimum atomic E-state index is 0.0210. The molecule has 0 saturated heterocycles. The van der Waals surface area contributed by atoms with Gasteiger partial charge in [-0.3, -0.25) is 4.79 Å². The summed E-state index contributed by atoms with van der Waals surface area (Å²) in [5.74, 6) is 0.0210. The van der Waals surface area contributed by atoms with Crippen LogP contribution in [0.4, 0.5) is 0 Å².